The number of hydrogen-bond acceptors (Lipinski definition) is 5. The Morgan fingerprint density at radius 1 is 1.03 bits per heavy atom. The van der Waals surface area contributed by atoms with Gasteiger partial charge in [0.1, 0.15) is 0 Å². The Kier molecular flexibility index (Phi) is 5.11. The zero-order valence-corrected chi connectivity index (χ0v) is 17.2. The second-order valence-electron chi connectivity index (χ2n) is 8.92. The summed E-state index contributed by atoms with van der Waals surface area (Å²) in [6, 6.07) is 5.97. The Balaban J connectivity index is 0.000000646. The van der Waals surface area contributed by atoms with Crippen LogP contribution < -0.4 is 14.8 Å². The molecule has 9 heteroatoms. The van der Waals surface area contributed by atoms with Gasteiger partial charge in [-0.15, -0.1) is 0 Å². The minimum Gasteiger partial charge on any atom is -0.483 e. The molecule has 166 valence electrons. The van der Waals surface area contributed by atoms with Crippen molar-refractivity contribution in [1.82, 2.24) is 9.80 Å². The number of carboxylic acid groups (broad SMARTS) is 1. The fourth-order valence-corrected chi connectivity index (χ4v) is 5.93. The van der Waals surface area contributed by atoms with Crippen molar-refractivity contribution < 1.29 is 29.0 Å². The lowest BCUT2D eigenvalue weighted by molar-refractivity contribution is -0.137. The summed E-state index contributed by atoms with van der Waals surface area (Å²) in [5.74, 6) is 2.88. The van der Waals surface area contributed by atoms with E-state index in [1.54, 1.807) is 0 Å². The normalized spacial score (nSPS) is 29.7. The van der Waals surface area contributed by atoms with Crippen LogP contribution in [-0.4, -0.2) is 65.3 Å². The highest BCUT2D eigenvalue weighted by atomic mass is 16.7. The van der Waals surface area contributed by atoms with Crippen LogP contribution in [0.1, 0.15) is 32.1 Å². The molecule has 2 N–H and O–H groups in total. The first kappa shape index (κ1) is 20.0. The second-order valence-corrected chi connectivity index (χ2v) is 8.92. The van der Waals surface area contributed by atoms with Crippen molar-refractivity contribution in [3.05, 3.63) is 18.2 Å². The number of carbonyl (C=O) groups is 3. The van der Waals surface area contributed by atoms with Gasteiger partial charge in [0.2, 0.25) is 12.7 Å². The number of rotatable bonds is 2. The molecule has 0 spiro atoms. The predicted octanol–water partition coefficient (Wildman–Crippen LogP) is 2.37. The number of hydrogen-bond donors (Lipinski definition) is 2. The van der Waals surface area contributed by atoms with E-state index in [0.29, 0.717) is 29.2 Å². The largest absolute Gasteiger partial charge is 0.483 e. The maximum absolute atomic E-state index is 13.0. The van der Waals surface area contributed by atoms with Crippen molar-refractivity contribution in [2.75, 3.05) is 25.2 Å². The van der Waals surface area contributed by atoms with Crippen LogP contribution in [0.2, 0.25) is 0 Å². The van der Waals surface area contributed by atoms with Crippen molar-refractivity contribution in [3.63, 3.8) is 0 Å². The van der Waals surface area contributed by atoms with Gasteiger partial charge in [0.15, 0.2) is 11.5 Å². The molecule has 2 bridgehead atoms. The minimum absolute atomic E-state index is 0.0300. The lowest BCUT2D eigenvalue weighted by Crippen LogP contribution is -2.44. The van der Waals surface area contributed by atoms with E-state index in [9.17, 15) is 9.59 Å². The Hall–Kier alpha value is -2.97. The van der Waals surface area contributed by atoms with Crippen LogP contribution in [0.3, 0.4) is 0 Å². The van der Waals surface area contributed by atoms with Gasteiger partial charge >= 0.3 is 6.03 Å². The number of carbonyl (C=O) groups excluding carboxylic acids is 2. The van der Waals surface area contributed by atoms with E-state index < -0.39 is 0 Å². The molecule has 1 aromatic rings. The predicted molar refractivity (Wildman–Crippen MR) is 110 cm³/mol. The highest BCUT2D eigenvalue weighted by Crippen LogP contribution is 2.50. The van der Waals surface area contributed by atoms with Gasteiger partial charge < -0.3 is 29.7 Å². The summed E-state index contributed by atoms with van der Waals surface area (Å²) in [4.78, 5) is 38.2. The maximum atomic E-state index is 13.0. The van der Waals surface area contributed by atoms with Crippen molar-refractivity contribution in [1.29, 1.82) is 0 Å². The highest BCUT2D eigenvalue weighted by molar-refractivity contribution is 5.91. The minimum atomic E-state index is -0.250. The third-order valence-corrected chi connectivity index (χ3v) is 7.50. The van der Waals surface area contributed by atoms with Crippen LogP contribution >= 0.6 is 0 Å². The molecule has 0 unspecified atom stereocenters. The van der Waals surface area contributed by atoms with Crippen LogP contribution in [0.15, 0.2) is 18.2 Å². The molecule has 5 aliphatic rings. The zero-order chi connectivity index (χ0) is 21.5. The van der Waals surface area contributed by atoms with Crippen molar-refractivity contribution in [2.45, 2.75) is 44.2 Å². The molecule has 1 aliphatic carbocycles. The average Bonchev–Trinajstić information content (AvgIpc) is 3.46. The first-order valence-electron chi connectivity index (χ1n) is 11.0. The monoisotopic (exact) mass is 429 g/mol. The van der Waals surface area contributed by atoms with E-state index in [2.05, 4.69) is 15.1 Å². The van der Waals surface area contributed by atoms with Crippen LogP contribution in [0, 0.1) is 17.8 Å². The van der Waals surface area contributed by atoms with E-state index >= 15 is 0 Å². The molecule has 0 aromatic heterocycles. The number of anilines is 1. The van der Waals surface area contributed by atoms with E-state index in [4.69, 9.17) is 19.4 Å². The topological polar surface area (TPSA) is 108 Å². The van der Waals surface area contributed by atoms with Crippen molar-refractivity contribution in [2.24, 2.45) is 17.8 Å². The number of amides is 3. The number of benzene rings is 1. The number of nitrogens with one attached hydrogen (secondary N) is 1. The van der Waals surface area contributed by atoms with Crippen molar-refractivity contribution in [3.8, 4) is 11.5 Å². The molecule has 9 nitrogen and oxygen atoms in total. The second kappa shape index (κ2) is 7.94. The molecule has 1 aromatic carbocycles. The smallest absolute Gasteiger partial charge is 0.322 e. The maximum Gasteiger partial charge on any atom is 0.322 e. The SMILES string of the molecule is O=C(C1CCC1)N1C[C@@H]2[C@H](C1)[C@@H]1CC[C@H]2N1C(=O)Nc1ccc2c(c1)OCO2.O=CO. The zero-order valence-electron chi connectivity index (χ0n) is 17.2. The summed E-state index contributed by atoms with van der Waals surface area (Å²) < 4.78 is 10.7. The van der Waals surface area contributed by atoms with Crippen LogP contribution in [0.25, 0.3) is 0 Å². The molecule has 0 radical (unpaired) electrons. The highest BCUT2D eigenvalue weighted by Gasteiger charge is 2.58. The molecule has 3 amide bonds. The van der Waals surface area contributed by atoms with Crippen LogP contribution in [-0.2, 0) is 9.59 Å². The molecule has 6 rings (SSSR count). The first-order valence-corrected chi connectivity index (χ1v) is 11.0. The van der Waals surface area contributed by atoms with E-state index in [1.165, 1.54) is 6.42 Å². The van der Waals surface area contributed by atoms with Gasteiger partial charge in [0.05, 0.1) is 0 Å². The quantitative estimate of drug-likeness (QED) is 0.699. The van der Waals surface area contributed by atoms with Gasteiger partial charge in [-0.05, 0) is 37.8 Å². The number of likely N-dealkylation sites (tertiary alicyclic amines) is 1. The van der Waals surface area contributed by atoms with Gasteiger partial charge in [0.25, 0.3) is 6.47 Å². The van der Waals surface area contributed by atoms with Gasteiger partial charge in [-0.3, -0.25) is 9.59 Å². The van der Waals surface area contributed by atoms with Crippen molar-refractivity contribution >= 4 is 24.1 Å². The van der Waals surface area contributed by atoms with Crippen LogP contribution in [0.5, 0.6) is 11.5 Å². The third kappa shape index (κ3) is 3.36. The number of nitrogens with zero attached hydrogens (tertiary/aromatic N) is 2. The molecule has 4 fully saturated rings. The number of ether oxygens (including phenoxy) is 2. The summed E-state index contributed by atoms with van der Waals surface area (Å²) in [5.41, 5.74) is 0.729. The summed E-state index contributed by atoms with van der Waals surface area (Å²) in [6.45, 7) is 1.63. The third-order valence-electron chi connectivity index (χ3n) is 7.50. The molecule has 4 aliphatic heterocycles. The van der Waals surface area contributed by atoms with Gasteiger partial charge in [-0.2, -0.15) is 0 Å². The molecule has 31 heavy (non-hydrogen) atoms. The molecular formula is C22H27N3O6. The molecule has 4 heterocycles. The van der Waals surface area contributed by atoms with E-state index in [1.807, 2.05) is 18.2 Å². The number of urea groups is 1. The molecule has 1 saturated carbocycles. The van der Waals surface area contributed by atoms with Gasteiger partial charge in [-0.25, -0.2) is 4.79 Å². The Bertz CT molecular complexity index is 868. The summed E-state index contributed by atoms with van der Waals surface area (Å²) >= 11 is 0. The van der Waals surface area contributed by atoms with Gasteiger partial charge in [-0.1, -0.05) is 6.42 Å². The fraction of sp³-hybridized carbons (Fsp3) is 0.591. The van der Waals surface area contributed by atoms with Gasteiger partial charge in [0, 0.05) is 54.7 Å². The lowest BCUT2D eigenvalue weighted by Gasteiger charge is -2.31. The summed E-state index contributed by atoms with van der Waals surface area (Å²) in [7, 11) is 0. The number of fused-ring (bicyclic) bond motifs is 6. The summed E-state index contributed by atoms with van der Waals surface area (Å²) in [5, 5.41) is 9.93. The average molecular weight is 429 g/mol. The molecular weight excluding hydrogens is 402 g/mol. The lowest BCUT2D eigenvalue weighted by atomic mass is 9.82. The Morgan fingerprint density at radius 2 is 1.68 bits per heavy atom. The molecule has 4 atom stereocenters. The fourth-order valence-electron chi connectivity index (χ4n) is 5.93. The van der Waals surface area contributed by atoms with Crippen LogP contribution in [0.4, 0.5) is 10.5 Å². The van der Waals surface area contributed by atoms with E-state index in [0.717, 1.165) is 44.5 Å². The Morgan fingerprint density at radius 3 is 2.29 bits per heavy atom. The molecule has 3 saturated heterocycles. The van der Waals surface area contributed by atoms with E-state index in [-0.39, 0.29) is 37.3 Å². The Labute approximate surface area is 180 Å². The standard InChI is InChI=1S/C21H25N3O4.CH2O2/c25-20(12-2-1-3-12)23-9-14-15(10-23)17-6-5-16(14)24(17)21(26)22-13-4-7-18-19(8-13)28-11-27-18;2-1-3/h4,7-8,12,14-17H,1-3,5-6,9-11H2,(H,22,26);1H,(H,2,3)/t14-,15+,16-,17+;. The first-order chi connectivity index (χ1) is 15.1. The summed E-state index contributed by atoms with van der Waals surface area (Å²) in [6.07, 6.45) is 5.40.